The van der Waals surface area contributed by atoms with Crippen molar-refractivity contribution in [1.82, 2.24) is 4.90 Å². The van der Waals surface area contributed by atoms with E-state index in [2.05, 4.69) is 0 Å². The van der Waals surface area contributed by atoms with Gasteiger partial charge in [0.25, 0.3) is 11.8 Å². The van der Waals surface area contributed by atoms with Crippen molar-refractivity contribution in [2.24, 2.45) is 5.92 Å². The summed E-state index contributed by atoms with van der Waals surface area (Å²) in [7, 11) is 1.60. The van der Waals surface area contributed by atoms with E-state index >= 15 is 0 Å². The summed E-state index contributed by atoms with van der Waals surface area (Å²) in [6, 6.07) is 0. The van der Waals surface area contributed by atoms with E-state index in [9.17, 15) is 9.59 Å². The number of hydrogen-bond acceptors (Lipinski definition) is 3. The highest BCUT2D eigenvalue weighted by atomic mass is 16.5. The molecule has 4 nitrogen and oxygen atoms in total. The molecule has 1 aliphatic rings. The van der Waals surface area contributed by atoms with Gasteiger partial charge in [0.05, 0.1) is 6.61 Å². The van der Waals surface area contributed by atoms with Crippen molar-refractivity contribution in [1.29, 1.82) is 0 Å². The molecule has 1 aliphatic heterocycles. The van der Waals surface area contributed by atoms with Crippen LogP contribution in [0.1, 0.15) is 13.8 Å². The summed E-state index contributed by atoms with van der Waals surface area (Å²) in [6.07, 6.45) is 1.38. The number of amides is 2. The molecule has 1 atom stereocenters. The predicted molar refractivity (Wildman–Crippen MR) is 51.5 cm³/mol. The number of nitrogens with zero attached hydrogens (tertiary/aromatic N) is 1. The van der Waals surface area contributed by atoms with Crippen LogP contribution in [0.4, 0.5) is 0 Å². The van der Waals surface area contributed by atoms with Crippen LogP contribution in [-0.2, 0) is 14.3 Å². The van der Waals surface area contributed by atoms with Gasteiger partial charge in [-0.1, -0.05) is 6.92 Å². The summed E-state index contributed by atoms with van der Waals surface area (Å²) in [5, 5.41) is 0. The summed E-state index contributed by atoms with van der Waals surface area (Å²) in [5.41, 5.74) is 0.514. The maximum absolute atomic E-state index is 11.5. The lowest BCUT2D eigenvalue weighted by atomic mass is 10.2. The second-order valence-corrected chi connectivity index (χ2v) is 3.64. The van der Waals surface area contributed by atoms with Gasteiger partial charge in [0.2, 0.25) is 0 Å². The highest BCUT2D eigenvalue weighted by Gasteiger charge is 2.29. The Kier molecular flexibility index (Phi) is 3.41. The fraction of sp³-hybridized carbons (Fsp3) is 0.600. The number of ether oxygens (including phenoxy) is 1. The zero-order chi connectivity index (χ0) is 10.7. The van der Waals surface area contributed by atoms with Crippen molar-refractivity contribution in [2.45, 2.75) is 13.8 Å². The highest BCUT2D eigenvalue weighted by Crippen LogP contribution is 2.13. The molecule has 0 aromatic heterocycles. The Morgan fingerprint density at radius 2 is 2.14 bits per heavy atom. The number of rotatable bonds is 4. The highest BCUT2D eigenvalue weighted by molar-refractivity contribution is 6.15. The second kappa shape index (κ2) is 4.37. The van der Waals surface area contributed by atoms with Gasteiger partial charge in [-0.25, -0.2) is 0 Å². The van der Waals surface area contributed by atoms with Gasteiger partial charge < -0.3 is 4.74 Å². The molecule has 1 rings (SSSR count). The number of methoxy groups -OCH3 is 1. The van der Waals surface area contributed by atoms with Gasteiger partial charge in [-0.3, -0.25) is 14.5 Å². The third-order valence-electron chi connectivity index (χ3n) is 2.13. The van der Waals surface area contributed by atoms with Crippen molar-refractivity contribution in [3.8, 4) is 0 Å². The lowest BCUT2D eigenvalue weighted by Gasteiger charge is -2.18. The Bertz CT molecular complexity index is 283. The fourth-order valence-corrected chi connectivity index (χ4v) is 1.46. The van der Waals surface area contributed by atoms with Crippen LogP contribution < -0.4 is 0 Å². The van der Waals surface area contributed by atoms with E-state index < -0.39 is 0 Å². The molecule has 0 aromatic rings. The molecular weight excluding hydrogens is 182 g/mol. The average molecular weight is 197 g/mol. The van der Waals surface area contributed by atoms with Crippen LogP contribution in [0.25, 0.3) is 0 Å². The molecule has 0 aromatic carbocycles. The summed E-state index contributed by atoms with van der Waals surface area (Å²) in [6.45, 7) is 4.58. The first-order valence-corrected chi connectivity index (χ1v) is 4.59. The van der Waals surface area contributed by atoms with Gasteiger partial charge in [0, 0.05) is 25.3 Å². The minimum absolute atomic E-state index is 0.173. The molecule has 4 heteroatoms. The van der Waals surface area contributed by atoms with Crippen LogP contribution in [0, 0.1) is 5.92 Å². The van der Waals surface area contributed by atoms with Crippen molar-refractivity contribution < 1.29 is 14.3 Å². The van der Waals surface area contributed by atoms with Crippen LogP contribution in [0.5, 0.6) is 0 Å². The molecule has 0 aliphatic carbocycles. The topological polar surface area (TPSA) is 46.6 Å². The van der Waals surface area contributed by atoms with E-state index in [-0.39, 0.29) is 17.7 Å². The summed E-state index contributed by atoms with van der Waals surface area (Å²) < 4.78 is 4.94. The maximum atomic E-state index is 11.5. The van der Waals surface area contributed by atoms with Gasteiger partial charge in [-0.05, 0) is 12.8 Å². The zero-order valence-corrected chi connectivity index (χ0v) is 8.74. The first kappa shape index (κ1) is 10.9. The molecule has 1 unspecified atom stereocenters. The van der Waals surface area contributed by atoms with Crippen molar-refractivity contribution in [3.63, 3.8) is 0 Å². The van der Waals surface area contributed by atoms with Crippen molar-refractivity contribution >= 4 is 11.8 Å². The molecular formula is C10H15NO3. The molecule has 0 bridgehead atoms. The van der Waals surface area contributed by atoms with Crippen LogP contribution >= 0.6 is 0 Å². The lowest BCUT2D eigenvalue weighted by Crippen LogP contribution is -2.35. The molecule has 0 spiro atoms. The van der Waals surface area contributed by atoms with E-state index in [1.54, 1.807) is 14.0 Å². The van der Waals surface area contributed by atoms with Crippen LogP contribution in [-0.4, -0.2) is 37.0 Å². The van der Waals surface area contributed by atoms with Crippen LogP contribution in [0.3, 0.4) is 0 Å². The van der Waals surface area contributed by atoms with Gasteiger partial charge in [0.1, 0.15) is 0 Å². The number of carbonyl (C=O) groups excluding carboxylic acids is 2. The fourth-order valence-electron chi connectivity index (χ4n) is 1.46. The van der Waals surface area contributed by atoms with Crippen LogP contribution in [0.2, 0.25) is 0 Å². The van der Waals surface area contributed by atoms with Gasteiger partial charge in [-0.15, -0.1) is 0 Å². The van der Waals surface area contributed by atoms with E-state index in [1.165, 1.54) is 11.0 Å². The third kappa shape index (κ3) is 2.20. The first-order chi connectivity index (χ1) is 6.56. The van der Waals surface area contributed by atoms with E-state index in [0.717, 1.165) is 0 Å². The molecule has 14 heavy (non-hydrogen) atoms. The van der Waals surface area contributed by atoms with E-state index in [1.807, 2.05) is 6.92 Å². The van der Waals surface area contributed by atoms with E-state index in [0.29, 0.717) is 18.7 Å². The molecule has 2 amide bonds. The van der Waals surface area contributed by atoms with Crippen molar-refractivity contribution in [3.05, 3.63) is 11.6 Å². The molecule has 1 heterocycles. The SMILES string of the molecule is COCC(C)CN1C(=O)C=C(C)C1=O. The largest absolute Gasteiger partial charge is 0.384 e. The first-order valence-electron chi connectivity index (χ1n) is 4.59. The zero-order valence-electron chi connectivity index (χ0n) is 8.74. The molecule has 0 N–H and O–H groups in total. The molecule has 0 saturated heterocycles. The van der Waals surface area contributed by atoms with Crippen LogP contribution in [0.15, 0.2) is 11.6 Å². The quantitative estimate of drug-likeness (QED) is 0.619. The van der Waals surface area contributed by atoms with Gasteiger partial charge >= 0.3 is 0 Å². The predicted octanol–water partition coefficient (Wildman–Crippen LogP) is 0.584. The minimum atomic E-state index is -0.213. The van der Waals surface area contributed by atoms with E-state index in [4.69, 9.17) is 4.74 Å². The Balaban J connectivity index is 2.55. The lowest BCUT2D eigenvalue weighted by molar-refractivity contribution is -0.138. The second-order valence-electron chi connectivity index (χ2n) is 3.64. The van der Waals surface area contributed by atoms with Gasteiger partial charge in [-0.2, -0.15) is 0 Å². The molecule has 0 saturated carbocycles. The molecule has 78 valence electrons. The Hall–Kier alpha value is -1.16. The maximum Gasteiger partial charge on any atom is 0.256 e. The number of imide groups is 1. The number of carbonyl (C=O) groups is 2. The summed E-state index contributed by atoms with van der Waals surface area (Å²) in [4.78, 5) is 24.0. The standard InChI is InChI=1S/C10H15NO3/c1-7(6-14-3)5-11-9(12)4-8(2)10(11)13/h4,7H,5-6H2,1-3H3. The molecule has 0 fully saturated rings. The smallest absolute Gasteiger partial charge is 0.256 e. The van der Waals surface area contributed by atoms with Crippen molar-refractivity contribution in [2.75, 3.05) is 20.3 Å². The Morgan fingerprint density at radius 1 is 1.50 bits per heavy atom. The number of hydrogen-bond donors (Lipinski definition) is 0. The monoisotopic (exact) mass is 197 g/mol. The summed E-state index contributed by atoms with van der Waals surface area (Å²) >= 11 is 0. The Morgan fingerprint density at radius 3 is 2.57 bits per heavy atom. The van der Waals surface area contributed by atoms with Gasteiger partial charge in [0.15, 0.2) is 0 Å². The summed E-state index contributed by atoms with van der Waals surface area (Å²) in [5.74, 6) is -0.222. The minimum Gasteiger partial charge on any atom is -0.384 e. The average Bonchev–Trinajstić information content (AvgIpc) is 2.33. The molecule has 0 radical (unpaired) electrons. The Labute approximate surface area is 83.5 Å². The third-order valence-corrected chi connectivity index (χ3v) is 2.13. The normalized spacial score (nSPS) is 18.8.